The molecule has 0 saturated heterocycles. The monoisotopic (exact) mass is 333 g/mol. The maximum absolute atomic E-state index is 13.5. The van der Waals surface area contributed by atoms with Crippen LogP contribution in [0.1, 0.15) is 0 Å². The van der Waals surface area contributed by atoms with Gasteiger partial charge in [-0.25, -0.2) is 9.37 Å². The smallest absolute Gasteiger partial charge is 0.248 e. The summed E-state index contributed by atoms with van der Waals surface area (Å²) in [7, 11) is 0. The third kappa shape index (κ3) is 3.55. The number of benzene rings is 2. The van der Waals surface area contributed by atoms with Crippen LogP contribution in [0.25, 0.3) is 10.2 Å². The molecule has 0 aliphatic rings. The van der Waals surface area contributed by atoms with Crippen molar-refractivity contribution in [2.45, 2.75) is 4.90 Å². The predicted octanol–water partition coefficient (Wildman–Crippen LogP) is 3.67. The van der Waals surface area contributed by atoms with E-state index in [0.717, 1.165) is 9.60 Å². The zero-order chi connectivity index (χ0) is 15.4. The molecule has 0 bridgehead atoms. The van der Waals surface area contributed by atoms with E-state index in [2.05, 4.69) is 15.8 Å². The number of amides is 1. The number of para-hydroxylation sites is 1. The number of halogens is 1. The van der Waals surface area contributed by atoms with Crippen molar-refractivity contribution in [3.63, 3.8) is 0 Å². The van der Waals surface area contributed by atoms with Crippen molar-refractivity contribution in [3.05, 3.63) is 54.3 Å². The van der Waals surface area contributed by atoms with Crippen molar-refractivity contribution in [1.29, 1.82) is 0 Å². The van der Waals surface area contributed by atoms with E-state index in [-0.39, 0.29) is 17.5 Å². The van der Waals surface area contributed by atoms with E-state index < -0.39 is 0 Å². The predicted molar refractivity (Wildman–Crippen MR) is 88.5 cm³/mol. The first-order valence-electron chi connectivity index (χ1n) is 6.50. The van der Waals surface area contributed by atoms with Gasteiger partial charge in [0.25, 0.3) is 0 Å². The van der Waals surface area contributed by atoms with E-state index in [9.17, 15) is 9.18 Å². The van der Waals surface area contributed by atoms with Crippen molar-refractivity contribution in [2.75, 3.05) is 11.2 Å². The molecule has 2 aromatic carbocycles. The lowest BCUT2D eigenvalue weighted by Gasteiger charge is -2.05. The Morgan fingerprint density at radius 1 is 1.18 bits per heavy atom. The molecule has 7 heteroatoms. The molecule has 3 aromatic rings. The largest absolute Gasteiger partial charge is 0.273 e. The molecule has 0 saturated carbocycles. The van der Waals surface area contributed by atoms with E-state index in [1.54, 1.807) is 12.1 Å². The molecule has 3 rings (SSSR count). The van der Waals surface area contributed by atoms with Crippen LogP contribution in [0, 0.1) is 5.82 Å². The van der Waals surface area contributed by atoms with Crippen LogP contribution < -0.4 is 10.9 Å². The minimum absolute atomic E-state index is 0.173. The van der Waals surface area contributed by atoms with Crippen molar-refractivity contribution in [2.24, 2.45) is 0 Å². The summed E-state index contributed by atoms with van der Waals surface area (Å²) in [6, 6.07) is 14.5. The number of aromatic nitrogens is 1. The van der Waals surface area contributed by atoms with E-state index in [0.29, 0.717) is 10.6 Å². The molecule has 2 N–H and O–H groups in total. The number of rotatable bonds is 5. The van der Waals surface area contributed by atoms with Gasteiger partial charge in [0.15, 0.2) is 0 Å². The number of thiazole rings is 1. The van der Waals surface area contributed by atoms with E-state index in [4.69, 9.17) is 0 Å². The average Bonchev–Trinajstić information content (AvgIpc) is 2.96. The Morgan fingerprint density at radius 2 is 2.00 bits per heavy atom. The summed E-state index contributed by atoms with van der Waals surface area (Å²) in [5.41, 5.74) is 5.60. The molecule has 1 heterocycles. The second-order valence-electron chi connectivity index (χ2n) is 4.38. The van der Waals surface area contributed by atoms with Crippen molar-refractivity contribution in [1.82, 2.24) is 10.4 Å². The molecule has 112 valence electrons. The van der Waals surface area contributed by atoms with Crippen LogP contribution in [0.15, 0.2) is 53.4 Å². The number of anilines is 1. The van der Waals surface area contributed by atoms with Crippen LogP contribution in [0.5, 0.6) is 0 Å². The summed E-state index contributed by atoms with van der Waals surface area (Å²) in [6.07, 6.45) is 0. The van der Waals surface area contributed by atoms with Crippen LogP contribution >= 0.6 is 23.1 Å². The SMILES string of the molecule is O=C(CSc1ccccc1)NNc1nc2c(F)cccc2s1. The molecular weight excluding hydrogens is 321 g/mol. The van der Waals surface area contributed by atoms with Gasteiger partial charge in [-0.15, -0.1) is 11.8 Å². The number of nitrogens with zero attached hydrogens (tertiary/aromatic N) is 1. The minimum atomic E-state index is -0.368. The number of hydrogen-bond donors (Lipinski definition) is 2. The highest BCUT2D eigenvalue weighted by atomic mass is 32.2. The number of carbonyl (C=O) groups is 1. The summed E-state index contributed by atoms with van der Waals surface area (Å²) >= 11 is 2.73. The Morgan fingerprint density at radius 3 is 2.77 bits per heavy atom. The van der Waals surface area contributed by atoms with Crippen molar-refractivity contribution >= 4 is 44.4 Å². The average molecular weight is 333 g/mol. The van der Waals surface area contributed by atoms with Crippen LogP contribution in [0.3, 0.4) is 0 Å². The molecular formula is C15H12FN3OS2. The first-order valence-corrected chi connectivity index (χ1v) is 8.30. The van der Waals surface area contributed by atoms with E-state index in [1.165, 1.54) is 29.2 Å². The van der Waals surface area contributed by atoms with Gasteiger partial charge in [-0.05, 0) is 24.3 Å². The summed E-state index contributed by atoms with van der Waals surface area (Å²) in [6.45, 7) is 0. The Bertz CT molecular complexity index is 792. The Kier molecular flexibility index (Phi) is 4.55. The molecule has 0 fully saturated rings. The van der Waals surface area contributed by atoms with Gasteiger partial charge >= 0.3 is 0 Å². The van der Waals surface area contributed by atoms with Gasteiger partial charge in [0.2, 0.25) is 11.0 Å². The molecule has 22 heavy (non-hydrogen) atoms. The van der Waals surface area contributed by atoms with E-state index in [1.807, 2.05) is 30.3 Å². The fraction of sp³-hybridized carbons (Fsp3) is 0.0667. The standard InChI is InChI=1S/C15H12FN3OS2/c16-11-7-4-8-12-14(11)17-15(22-12)19-18-13(20)9-21-10-5-2-1-3-6-10/h1-8H,9H2,(H,17,19)(H,18,20). The Balaban J connectivity index is 1.55. The number of hydrogen-bond acceptors (Lipinski definition) is 5. The lowest BCUT2D eigenvalue weighted by atomic mass is 10.3. The van der Waals surface area contributed by atoms with Crippen LogP contribution in [0.2, 0.25) is 0 Å². The number of hydrazine groups is 1. The highest BCUT2D eigenvalue weighted by Gasteiger charge is 2.08. The van der Waals surface area contributed by atoms with E-state index >= 15 is 0 Å². The summed E-state index contributed by atoms with van der Waals surface area (Å²) < 4.78 is 14.3. The third-order valence-corrected chi connectivity index (χ3v) is 4.74. The third-order valence-electron chi connectivity index (χ3n) is 2.79. The molecule has 4 nitrogen and oxygen atoms in total. The first kappa shape index (κ1) is 14.8. The van der Waals surface area contributed by atoms with Gasteiger partial charge in [-0.1, -0.05) is 35.6 Å². The van der Waals surface area contributed by atoms with Gasteiger partial charge in [0.1, 0.15) is 11.3 Å². The maximum Gasteiger partial charge on any atom is 0.248 e. The molecule has 0 spiro atoms. The summed E-state index contributed by atoms with van der Waals surface area (Å²) in [4.78, 5) is 16.9. The normalized spacial score (nSPS) is 10.6. The van der Waals surface area contributed by atoms with Gasteiger partial charge in [-0.2, -0.15) is 0 Å². The second kappa shape index (κ2) is 6.76. The minimum Gasteiger partial charge on any atom is -0.273 e. The Labute approximate surface area is 134 Å². The molecule has 0 radical (unpaired) electrons. The van der Waals surface area contributed by atoms with Gasteiger partial charge in [0, 0.05) is 4.90 Å². The number of thioether (sulfide) groups is 1. The van der Waals surface area contributed by atoms with Gasteiger partial charge < -0.3 is 0 Å². The number of carbonyl (C=O) groups excluding carboxylic acids is 1. The molecule has 0 unspecified atom stereocenters. The fourth-order valence-electron chi connectivity index (χ4n) is 1.79. The molecule has 1 aromatic heterocycles. The van der Waals surface area contributed by atoms with Crippen LogP contribution in [-0.2, 0) is 4.79 Å². The molecule has 0 aliphatic heterocycles. The van der Waals surface area contributed by atoms with Crippen LogP contribution in [-0.4, -0.2) is 16.6 Å². The van der Waals surface area contributed by atoms with Crippen molar-refractivity contribution in [3.8, 4) is 0 Å². The molecule has 1 amide bonds. The summed E-state index contributed by atoms with van der Waals surface area (Å²) in [5, 5.41) is 0.457. The zero-order valence-corrected chi connectivity index (χ0v) is 13.0. The lowest BCUT2D eigenvalue weighted by Crippen LogP contribution is -2.30. The molecule has 0 aliphatic carbocycles. The lowest BCUT2D eigenvalue weighted by molar-refractivity contribution is -0.118. The second-order valence-corrected chi connectivity index (χ2v) is 6.46. The quantitative estimate of drug-likeness (QED) is 0.552. The fourth-order valence-corrected chi connectivity index (χ4v) is 3.35. The van der Waals surface area contributed by atoms with Gasteiger partial charge in [-0.3, -0.25) is 15.6 Å². The van der Waals surface area contributed by atoms with Crippen LogP contribution in [0.4, 0.5) is 9.52 Å². The highest BCUT2D eigenvalue weighted by molar-refractivity contribution is 8.00. The first-order chi connectivity index (χ1) is 10.7. The number of nitrogens with one attached hydrogen (secondary N) is 2. The summed E-state index contributed by atoms with van der Waals surface area (Å²) in [5.74, 6) is -0.252. The topological polar surface area (TPSA) is 54.0 Å². The highest BCUT2D eigenvalue weighted by Crippen LogP contribution is 2.26. The zero-order valence-electron chi connectivity index (χ0n) is 11.4. The Hall–Kier alpha value is -2.12. The van der Waals surface area contributed by atoms with Crippen molar-refractivity contribution < 1.29 is 9.18 Å². The number of fused-ring (bicyclic) bond motifs is 1. The molecule has 0 atom stereocenters. The van der Waals surface area contributed by atoms with Gasteiger partial charge in [0.05, 0.1) is 10.5 Å². The maximum atomic E-state index is 13.5.